The number of hydrogen-bond donors (Lipinski definition) is 1. The number of nitrogens with zero attached hydrogens (tertiary/aromatic N) is 2. The number of benzene rings is 2. The van der Waals surface area contributed by atoms with Gasteiger partial charge in [0, 0.05) is 38.8 Å². The van der Waals surface area contributed by atoms with E-state index in [2.05, 4.69) is 14.5 Å². The van der Waals surface area contributed by atoms with Gasteiger partial charge in [-0.2, -0.15) is 0 Å². The van der Waals surface area contributed by atoms with E-state index in [1.807, 2.05) is 7.05 Å². The summed E-state index contributed by atoms with van der Waals surface area (Å²) in [5, 5.41) is 0. The summed E-state index contributed by atoms with van der Waals surface area (Å²) in [7, 11) is -1.72. The van der Waals surface area contributed by atoms with E-state index in [1.54, 1.807) is 12.1 Å². The lowest BCUT2D eigenvalue weighted by Gasteiger charge is -2.38. The number of hydrogen-bond acceptors (Lipinski definition) is 4. The van der Waals surface area contributed by atoms with Gasteiger partial charge in [-0.3, -0.25) is 4.90 Å². The van der Waals surface area contributed by atoms with Gasteiger partial charge in [0.1, 0.15) is 11.6 Å². The number of sulfonamides is 1. The zero-order valence-electron chi connectivity index (χ0n) is 15.1. The smallest absolute Gasteiger partial charge is 0.240 e. The summed E-state index contributed by atoms with van der Waals surface area (Å²) >= 11 is 0. The second-order valence-electron chi connectivity index (χ2n) is 6.71. The van der Waals surface area contributed by atoms with E-state index in [9.17, 15) is 17.2 Å². The van der Waals surface area contributed by atoms with Gasteiger partial charge in [-0.15, -0.1) is 0 Å². The summed E-state index contributed by atoms with van der Waals surface area (Å²) in [5.41, 5.74) is 0.850. The van der Waals surface area contributed by atoms with E-state index in [-0.39, 0.29) is 23.3 Å². The van der Waals surface area contributed by atoms with Gasteiger partial charge in [0.05, 0.1) is 4.90 Å². The van der Waals surface area contributed by atoms with Crippen molar-refractivity contribution in [2.75, 3.05) is 39.8 Å². The molecule has 27 heavy (non-hydrogen) atoms. The van der Waals surface area contributed by atoms with Gasteiger partial charge >= 0.3 is 0 Å². The zero-order valence-corrected chi connectivity index (χ0v) is 15.9. The molecule has 1 heterocycles. The van der Waals surface area contributed by atoms with Crippen molar-refractivity contribution in [1.29, 1.82) is 0 Å². The Morgan fingerprint density at radius 3 is 2.00 bits per heavy atom. The molecule has 0 saturated carbocycles. The molecule has 2 aromatic carbocycles. The van der Waals surface area contributed by atoms with Crippen LogP contribution in [0.15, 0.2) is 53.4 Å². The summed E-state index contributed by atoms with van der Waals surface area (Å²) in [4.78, 5) is 4.42. The lowest BCUT2D eigenvalue weighted by atomic mass is 10.0. The zero-order chi connectivity index (χ0) is 19.4. The minimum atomic E-state index is -3.77. The van der Waals surface area contributed by atoms with Crippen molar-refractivity contribution >= 4 is 10.0 Å². The fourth-order valence-corrected chi connectivity index (χ4v) is 4.20. The normalized spacial score (nSPS) is 17.7. The van der Waals surface area contributed by atoms with E-state index in [1.165, 1.54) is 24.3 Å². The van der Waals surface area contributed by atoms with Gasteiger partial charge < -0.3 is 4.90 Å². The molecule has 0 aliphatic carbocycles. The third-order valence-electron chi connectivity index (χ3n) is 4.82. The molecule has 5 nitrogen and oxygen atoms in total. The van der Waals surface area contributed by atoms with Crippen LogP contribution < -0.4 is 4.72 Å². The minimum Gasteiger partial charge on any atom is -0.304 e. The summed E-state index contributed by atoms with van der Waals surface area (Å²) in [5.74, 6) is -0.821. The van der Waals surface area contributed by atoms with Gasteiger partial charge in [-0.05, 0) is 49.0 Å². The maximum Gasteiger partial charge on any atom is 0.240 e. The fraction of sp³-hybridized carbons (Fsp3) is 0.368. The molecule has 0 spiro atoms. The van der Waals surface area contributed by atoms with Crippen LogP contribution in [0.5, 0.6) is 0 Å². The predicted molar refractivity (Wildman–Crippen MR) is 99.8 cm³/mol. The molecule has 0 radical (unpaired) electrons. The molecule has 2 aromatic rings. The van der Waals surface area contributed by atoms with Gasteiger partial charge in [0.2, 0.25) is 10.0 Å². The van der Waals surface area contributed by atoms with Crippen molar-refractivity contribution in [3.8, 4) is 0 Å². The average Bonchev–Trinajstić information content (AvgIpc) is 2.65. The maximum absolute atomic E-state index is 13.3. The second kappa shape index (κ2) is 8.43. The molecule has 1 saturated heterocycles. The average molecular weight is 395 g/mol. The fourth-order valence-electron chi connectivity index (χ4n) is 3.16. The van der Waals surface area contributed by atoms with Crippen LogP contribution in [0.3, 0.4) is 0 Å². The van der Waals surface area contributed by atoms with Crippen LogP contribution in [0.25, 0.3) is 0 Å². The van der Waals surface area contributed by atoms with Gasteiger partial charge in [0.15, 0.2) is 0 Å². The number of piperazine rings is 1. The quantitative estimate of drug-likeness (QED) is 0.815. The van der Waals surface area contributed by atoms with Crippen molar-refractivity contribution in [2.24, 2.45) is 0 Å². The molecular weight excluding hydrogens is 372 g/mol. The van der Waals surface area contributed by atoms with Crippen molar-refractivity contribution in [3.05, 3.63) is 65.7 Å². The molecule has 1 aliphatic rings. The van der Waals surface area contributed by atoms with Crippen LogP contribution in [0, 0.1) is 11.6 Å². The van der Waals surface area contributed by atoms with E-state index in [0.29, 0.717) is 0 Å². The Balaban J connectivity index is 1.78. The second-order valence-corrected chi connectivity index (χ2v) is 8.48. The molecule has 0 aromatic heterocycles. The number of rotatable bonds is 6. The Morgan fingerprint density at radius 1 is 0.926 bits per heavy atom. The summed E-state index contributed by atoms with van der Waals surface area (Å²) in [6.45, 7) is 3.48. The largest absolute Gasteiger partial charge is 0.304 e. The molecular formula is C19H23F2N3O2S. The predicted octanol–water partition coefficient (Wildman–Crippen LogP) is 2.23. The molecule has 0 unspecified atom stereocenters. The topological polar surface area (TPSA) is 52.6 Å². The Morgan fingerprint density at radius 2 is 1.44 bits per heavy atom. The number of halogens is 2. The molecule has 1 fully saturated rings. The van der Waals surface area contributed by atoms with Crippen LogP contribution in [-0.2, 0) is 10.0 Å². The lowest BCUT2D eigenvalue weighted by molar-refractivity contribution is 0.113. The van der Waals surface area contributed by atoms with Crippen LogP contribution in [0.2, 0.25) is 0 Å². The SMILES string of the molecule is CN1CCN([C@H](CNS(=O)(=O)c2ccc(F)cc2)c2ccc(F)cc2)CC1. The van der Waals surface area contributed by atoms with Crippen LogP contribution in [0.1, 0.15) is 11.6 Å². The van der Waals surface area contributed by atoms with Crippen LogP contribution >= 0.6 is 0 Å². The molecule has 0 bridgehead atoms. The highest BCUT2D eigenvalue weighted by Crippen LogP contribution is 2.23. The summed E-state index contributed by atoms with van der Waals surface area (Å²) in [6, 6.07) is 10.6. The maximum atomic E-state index is 13.3. The van der Waals surface area contributed by atoms with Crippen molar-refractivity contribution in [2.45, 2.75) is 10.9 Å². The highest BCUT2D eigenvalue weighted by Gasteiger charge is 2.26. The molecule has 0 amide bonds. The van der Waals surface area contributed by atoms with Gasteiger partial charge in [-0.1, -0.05) is 12.1 Å². The van der Waals surface area contributed by atoms with E-state index >= 15 is 0 Å². The number of likely N-dealkylation sites (N-methyl/N-ethyl adjacent to an activating group) is 1. The van der Waals surface area contributed by atoms with Crippen LogP contribution in [0.4, 0.5) is 8.78 Å². The van der Waals surface area contributed by atoms with Crippen molar-refractivity contribution < 1.29 is 17.2 Å². The first-order valence-electron chi connectivity index (χ1n) is 8.78. The molecule has 146 valence electrons. The van der Waals surface area contributed by atoms with E-state index in [0.717, 1.165) is 43.9 Å². The van der Waals surface area contributed by atoms with Gasteiger partial charge in [0.25, 0.3) is 0 Å². The highest BCUT2D eigenvalue weighted by atomic mass is 32.2. The molecule has 1 aliphatic heterocycles. The lowest BCUT2D eigenvalue weighted by Crippen LogP contribution is -2.48. The highest BCUT2D eigenvalue weighted by molar-refractivity contribution is 7.89. The first-order chi connectivity index (χ1) is 12.8. The Hall–Kier alpha value is -1.87. The van der Waals surface area contributed by atoms with Crippen molar-refractivity contribution in [3.63, 3.8) is 0 Å². The first kappa shape index (κ1) is 19.9. The summed E-state index contributed by atoms with van der Waals surface area (Å²) in [6.07, 6.45) is 0. The third kappa shape index (κ3) is 5.10. The molecule has 8 heteroatoms. The monoisotopic (exact) mass is 395 g/mol. The van der Waals surface area contributed by atoms with Crippen molar-refractivity contribution in [1.82, 2.24) is 14.5 Å². The molecule has 1 N–H and O–H groups in total. The molecule has 3 rings (SSSR count). The van der Waals surface area contributed by atoms with E-state index in [4.69, 9.17) is 0 Å². The minimum absolute atomic E-state index is 0.0140. The van der Waals surface area contributed by atoms with Crippen LogP contribution in [-0.4, -0.2) is 58.0 Å². The van der Waals surface area contributed by atoms with E-state index < -0.39 is 15.8 Å². The Bertz CT molecular complexity index is 850. The third-order valence-corrected chi connectivity index (χ3v) is 6.26. The first-order valence-corrected chi connectivity index (χ1v) is 10.3. The Labute approximate surface area is 158 Å². The number of nitrogens with one attached hydrogen (secondary N) is 1. The van der Waals surface area contributed by atoms with Gasteiger partial charge in [-0.25, -0.2) is 21.9 Å². The standard InChI is InChI=1S/C19H23F2N3O2S/c1-23-10-12-24(13-11-23)19(15-2-4-16(20)5-3-15)14-22-27(25,26)18-8-6-17(21)7-9-18/h2-9,19,22H,10-14H2,1H3/t19-/m1/s1. The molecule has 1 atom stereocenters. The Kier molecular flexibility index (Phi) is 6.21. The summed E-state index contributed by atoms with van der Waals surface area (Å²) < 4.78 is 54.1.